The SMILES string of the molecule is Cn1c(CNC(=O)CC2CC3CCC2C3)nc2ccccc21. The molecule has 2 bridgehead atoms. The molecule has 4 heteroatoms. The van der Waals surface area contributed by atoms with Gasteiger partial charge in [-0.15, -0.1) is 0 Å². The average molecular weight is 297 g/mol. The van der Waals surface area contributed by atoms with E-state index in [-0.39, 0.29) is 5.91 Å². The van der Waals surface area contributed by atoms with Crippen LogP contribution in [0.1, 0.15) is 37.9 Å². The van der Waals surface area contributed by atoms with Crippen LogP contribution in [0.4, 0.5) is 0 Å². The lowest BCUT2D eigenvalue weighted by Gasteiger charge is -2.20. The summed E-state index contributed by atoms with van der Waals surface area (Å²) in [7, 11) is 2.01. The highest BCUT2D eigenvalue weighted by Gasteiger charge is 2.40. The van der Waals surface area contributed by atoms with E-state index in [9.17, 15) is 4.79 Å². The fourth-order valence-electron chi connectivity index (χ4n) is 4.47. The van der Waals surface area contributed by atoms with Gasteiger partial charge in [-0.3, -0.25) is 4.79 Å². The highest BCUT2D eigenvalue weighted by Crippen LogP contribution is 2.49. The number of nitrogens with zero attached hydrogens (tertiary/aromatic N) is 2. The molecule has 1 amide bonds. The van der Waals surface area contributed by atoms with Crippen LogP contribution < -0.4 is 5.32 Å². The first-order chi connectivity index (χ1) is 10.7. The molecule has 1 heterocycles. The number of benzene rings is 1. The van der Waals surface area contributed by atoms with Gasteiger partial charge in [0.2, 0.25) is 5.91 Å². The summed E-state index contributed by atoms with van der Waals surface area (Å²) < 4.78 is 2.06. The van der Waals surface area contributed by atoms with Crippen molar-refractivity contribution in [1.29, 1.82) is 0 Å². The van der Waals surface area contributed by atoms with Crippen LogP contribution in [-0.2, 0) is 18.4 Å². The van der Waals surface area contributed by atoms with Crippen LogP contribution in [0.2, 0.25) is 0 Å². The second kappa shape index (κ2) is 5.41. The molecule has 22 heavy (non-hydrogen) atoms. The Morgan fingerprint density at radius 1 is 1.32 bits per heavy atom. The summed E-state index contributed by atoms with van der Waals surface area (Å²) in [5.74, 6) is 3.44. The Hall–Kier alpha value is -1.84. The van der Waals surface area contributed by atoms with Crippen molar-refractivity contribution < 1.29 is 4.79 Å². The van der Waals surface area contributed by atoms with Crippen molar-refractivity contribution in [2.75, 3.05) is 0 Å². The molecule has 0 saturated heterocycles. The molecule has 4 nitrogen and oxygen atoms in total. The van der Waals surface area contributed by atoms with Crippen LogP contribution in [0.25, 0.3) is 11.0 Å². The number of carbonyl (C=O) groups is 1. The second-order valence-electron chi connectivity index (χ2n) is 6.99. The monoisotopic (exact) mass is 297 g/mol. The van der Waals surface area contributed by atoms with E-state index in [1.165, 1.54) is 25.7 Å². The Morgan fingerprint density at radius 2 is 2.18 bits per heavy atom. The van der Waals surface area contributed by atoms with Crippen molar-refractivity contribution in [2.24, 2.45) is 24.8 Å². The maximum absolute atomic E-state index is 12.2. The smallest absolute Gasteiger partial charge is 0.220 e. The summed E-state index contributed by atoms with van der Waals surface area (Å²) in [4.78, 5) is 16.8. The lowest BCUT2D eigenvalue weighted by molar-refractivity contribution is -0.122. The Bertz CT molecular complexity index is 705. The third kappa shape index (κ3) is 2.40. The van der Waals surface area contributed by atoms with Crippen LogP contribution >= 0.6 is 0 Å². The number of amides is 1. The van der Waals surface area contributed by atoms with Gasteiger partial charge >= 0.3 is 0 Å². The zero-order chi connectivity index (χ0) is 15.1. The second-order valence-corrected chi connectivity index (χ2v) is 6.99. The molecule has 2 fully saturated rings. The molecule has 3 atom stereocenters. The van der Waals surface area contributed by atoms with Crippen LogP contribution in [0.5, 0.6) is 0 Å². The molecule has 0 radical (unpaired) electrons. The van der Waals surface area contributed by atoms with Crippen molar-refractivity contribution >= 4 is 16.9 Å². The third-order valence-corrected chi connectivity index (χ3v) is 5.66. The number of fused-ring (bicyclic) bond motifs is 3. The van der Waals surface area contributed by atoms with E-state index in [0.29, 0.717) is 18.9 Å². The number of aryl methyl sites for hydroxylation is 1. The van der Waals surface area contributed by atoms with Gasteiger partial charge in [-0.2, -0.15) is 0 Å². The predicted octanol–water partition coefficient (Wildman–Crippen LogP) is 3.02. The molecular weight excluding hydrogens is 274 g/mol. The van der Waals surface area contributed by atoms with Gasteiger partial charge in [0.05, 0.1) is 17.6 Å². The van der Waals surface area contributed by atoms with Crippen LogP contribution in [0.15, 0.2) is 24.3 Å². The van der Waals surface area contributed by atoms with Gasteiger partial charge < -0.3 is 9.88 Å². The number of hydrogen-bond acceptors (Lipinski definition) is 2. The van der Waals surface area contributed by atoms with E-state index < -0.39 is 0 Å². The molecule has 1 N–H and O–H groups in total. The van der Waals surface area contributed by atoms with Crippen LogP contribution in [0, 0.1) is 17.8 Å². The van der Waals surface area contributed by atoms with Gasteiger partial charge in [0.1, 0.15) is 5.82 Å². The maximum Gasteiger partial charge on any atom is 0.220 e. The number of aromatic nitrogens is 2. The van der Waals surface area contributed by atoms with Gasteiger partial charge in [-0.25, -0.2) is 4.98 Å². The van der Waals surface area contributed by atoms with Gasteiger partial charge in [0, 0.05) is 13.5 Å². The van der Waals surface area contributed by atoms with Crippen molar-refractivity contribution in [3.63, 3.8) is 0 Å². The zero-order valence-electron chi connectivity index (χ0n) is 13.1. The molecule has 0 spiro atoms. The van der Waals surface area contributed by atoms with Crippen molar-refractivity contribution in [3.05, 3.63) is 30.1 Å². The van der Waals surface area contributed by atoms with Crippen LogP contribution in [-0.4, -0.2) is 15.5 Å². The largest absolute Gasteiger partial charge is 0.349 e. The van der Waals surface area contributed by atoms with E-state index in [2.05, 4.69) is 20.9 Å². The number of para-hydroxylation sites is 2. The molecule has 1 aromatic carbocycles. The van der Waals surface area contributed by atoms with Crippen LogP contribution in [0.3, 0.4) is 0 Å². The first kappa shape index (κ1) is 13.8. The normalized spacial score (nSPS) is 26.7. The molecule has 0 aliphatic heterocycles. The summed E-state index contributed by atoms with van der Waals surface area (Å²) >= 11 is 0. The Morgan fingerprint density at radius 3 is 2.91 bits per heavy atom. The number of nitrogens with one attached hydrogen (secondary N) is 1. The molecule has 2 aliphatic rings. The quantitative estimate of drug-likeness (QED) is 0.943. The first-order valence-corrected chi connectivity index (χ1v) is 8.37. The highest BCUT2D eigenvalue weighted by molar-refractivity contribution is 5.77. The number of hydrogen-bond donors (Lipinski definition) is 1. The first-order valence-electron chi connectivity index (χ1n) is 8.37. The van der Waals surface area contributed by atoms with Crippen molar-refractivity contribution in [1.82, 2.24) is 14.9 Å². The minimum Gasteiger partial charge on any atom is -0.349 e. The summed E-state index contributed by atoms with van der Waals surface area (Å²) in [6.07, 6.45) is 6.06. The summed E-state index contributed by atoms with van der Waals surface area (Å²) in [5, 5.41) is 3.06. The lowest BCUT2D eigenvalue weighted by Crippen LogP contribution is -2.27. The molecule has 2 saturated carbocycles. The summed E-state index contributed by atoms with van der Waals surface area (Å²) in [5.41, 5.74) is 2.10. The Labute approximate surface area is 130 Å². The average Bonchev–Trinajstić information content (AvgIpc) is 3.21. The fraction of sp³-hybridized carbons (Fsp3) is 0.556. The minimum atomic E-state index is 0.185. The molecular formula is C18H23N3O. The highest BCUT2D eigenvalue weighted by atomic mass is 16.1. The predicted molar refractivity (Wildman–Crippen MR) is 86.1 cm³/mol. The standard InChI is InChI=1S/C18H23N3O/c1-21-16-5-3-2-4-15(16)20-17(21)11-19-18(22)10-14-9-12-6-7-13(14)8-12/h2-5,12-14H,6-11H2,1H3,(H,19,22). The van der Waals surface area contributed by atoms with E-state index in [1.54, 1.807) is 0 Å². The van der Waals surface area contributed by atoms with Gasteiger partial charge in [0.15, 0.2) is 0 Å². The molecule has 2 aromatic rings. The van der Waals surface area contributed by atoms with E-state index in [1.807, 2.05) is 25.2 Å². The Balaban J connectivity index is 1.37. The lowest BCUT2D eigenvalue weighted by atomic mass is 9.86. The van der Waals surface area contributed by atoms with E-state index in [4.69, 9.17) is 0 Å². The molecule has 4 rings (SSSR count). The summed E-state index contributed by atoms with van der Waals surface area (Å²) in [6, 6.07) is 8.08. The van der Waals surface area contributed by atoms with Crippen molar-refractivity contribution in [2.45, 2.75) is 38.6 Å². The zero-order valence-corrected chi connectivity index (χ0v) is 13.1. The van der Waals surface area contributed by atoms with Gasteiger partial charge in [-0.1, -0.05) is 18.6 Å². The fourth-order valence-corrected chi connectivity index (χ4v) is 4.47. The Kier molecular flexibility index (Phi) is 3.40. The topological polar surface area (TPSA) is 46.9 Å². The van der Waals surface area contributed by atoms with Crippen molar-refractivity contribution in [3.8, 4) is 0 Å². The molecule has 1 aromatic heterocycles. The van der Waals surface area contributed by atoms with Gasteiger partial charge in [0.25, 0.3) is 0 Å². The molecule has 116 valence electrons. The van der Waals surface area contributed by atoms with E-state index in [0.717, 1.165) is 28.7 Å². The van der Waals surface area contributed by atoms with E-state index >= 15 is 0 Å². The number of imidazole rings is 1. The molecule has 2 aliphatic carbocycles. The third-order valence-electron chi connectivity index (χ3n) is 5.66. The summed E-state index contributed by atoms with van der Waals surface area (Å²) in [6.45, 7) is 0.519. The maximum atomic E-state index is 12.2. The number of rotatable bonds is 4. The minimum absolute atomic E-state index is 0.185. The van der Waals surface area contributed by atoms with Gasteiger partial charge in [-0.05, 0) is 49.1 Å². The number of carbonyl (C=O) groups excluding carboxylic acids is 1. The molecule has 3 unspecified atom stereocenters.